The van der Waals surface area contributed by atoms with Crippen LogP contribution in [0.2, 0.25) is 0 Å². The number of hydrogen-bond donors (Lipinski definition) is 1. The number of nitrogen functional groups attached to an aromatic ring is 1. The molecule has 1 aromatic rings. The van der Waals surface area contributed by atoms with Crippen LogP contribution >= 0.6 is 0 Å². The highest BCUT2D eigenvalue weighted by molar-refractivity contribution is 5.50. The highest BCUT2D eigenvalue weighted by atomic mass is 16.5. The molecule has 0 unspecified atom stereocenters. The second-order valence-electron chi connectivity index (χ2n) is 3.20. The molecule has 2 N–H and O–H groups in total. The van der Waals surface area contributed by atoms with Crippen molar-refractivity contribution in [1.29, 1.82) is 0 Å². The number of anilines is 1. The predicted octanol–water partition coefficient (Wildman–Crippen LogP) is 2.50. The van der Waals surface area contributed by atoms with Crippen molar-refractivity contribution in [2.24, 2.45) is 0 Å². The van der Waals surface area contributed by atoms with Gasteiger partial charge in [0.25, 0.3) is 0 Å². The molecule has 13 heavy (non-hydrogen) atoms. The summed E-state index contributed by atoms with van der Waals surface area (Å²) < 4.78 is 5.45. The second kappa shape index (κ2) is 4.87. The van der Waals surface area contributed by atoms with Gasteiger partial charge in [-0.1, -0.05) is 19.1 Å². The number of nitrogens with two attached hydrogens (primary N) is 1. The Morgan fingerprint density at radius 1 is 1.38 bits per heavy atom. The number of ether oxygens (including phenoxy) is 1. The first-order chi connectivity index (χ1) is 6.25. The third-order valence-corrected chi connectivity index (χ3v) is 2.04. The quantitative estimate of drug-likeness (QED) is 0.569. The lowest BCUT2D eigenvalue weighted by atomic mass is 10.1. The summed E-state index contributed by atoms with van der Waals surface area (Å²) in [6.07, 6.45) is 1.05. The minimum atomic E-state index is 0.631. The number of hydrogen-bond acceptors (Lipinski definition) is 2. The van der Waals surface area contributed by atoms with E-state index in [1.54, 1.807) is 0 Å². The summed E-state index contributed by atoms with van der Waals surface area (Å²) in [6, 6.07) is 5.94. The number of rotatable bonds is 4. The standard InChI is InChI=1S/C11H17NO/c1-3-7-13-8-10-9(2)5-4-6-11(10)12/h4-6H,3,7-8,12H2,1-2H3. The first-order valence-electron chi connectivity index (χ1n) is 4.67. The molecular formula is C11H17NO. The second-order valence-corrected chi connectivity index (χ2v) is 3.20. The van der Waals surface area contributed by atoms with Crippen LogP contribution in [0, 0.1) is 6.92 Å². The molecule has 0 saturated carbocycles. The molecule has 2 heteroatoms. The van der Waals surface area contributed by atoms with E-state index in [1.165, 1.54) is 5.56 Å². The summed E-state index contributed by atoms with van der Waals surface area (Å²) in [5.74, 6) is 0. The molecule has 0 heterocycles. The van der Waals surface area contributed by atoms with E-state index in [1.807, 2.05) is 12.1 Å². The highest BCUT2D eigenvalue weighted by Crippen LogP contribution is 2.16. The van der Waals surface area contributed by atoms with Crippen molar-refractivity contribution >= 4 is 5.69 Å². The van der Waals surface area contributed by atoms with Gasteiger partial charge in [-0.3, -0.25) is 0 Å². The summed E-state index contributed by atoms with van der Waals surface area (Å²) >= 11 is 0. The summed E-state index contributed by atoms with van der Waals surface area (Å²) in [7, 11) is 0. The highest BCUT2D eigenvalue weighted by Gasteiger charge is 2.01. The number of aryl methyl sites for hydroxylation is 1. The van der Waals surface area contributed by atoms with E-state index >= 15 is 0 Å². The lowest BCUT2D eigenvalue weighted by Gasteiger charge is -2.09. The zero-order valence-corrected chi connectivity index (χ0v) is 8.34. The van der Waals surface area contributed by atoms with Crippen LogP contribution in [0.5, 0.6) is 0 Å². The average Bonchev–Trinajstić information content (AvgIpc) is 2.10. The van der Waals surface area contributed by atoms with Crippen LogP contribution in [-0.2, 0) is 11.3 Å². The molecule has 2 nitrogen and oxygen atoms in total. The van der Waals surface area contributed by atoms with Gasteiger partial charge in [0.2, 0.25) is 0 Å². The molecule has 0 fully saturated rings. The van der Waals surface area contributed by atoms with Gasteiger partial charge in [0, 0.05) is 17.9 Å². The zero-order chi connectivity index (χ0) is 9.68. The van der Waals surface area contributed by atoms with Crippen molar-refractivity contribution in [3.8, 4) is 0 Å². The molecule has 0 atom stereocenters. The molecule has 72 valence electrons. The van der Waals surface area contributed by atoms with Crippen LogP contribution < -0.4 is 5.73 Å². The minimum absolute atomic E-state index is 0.631. The Morgan fingerprint density at radius 3 is 2.77 bits per heavy atom. The van der Waals surface area contributed by atoms with E-state index in [-0.39, 0.29) is 0 Å². The molecular weight excluding hydrogens is 162 g/mol. The maximum Gasteiger partial charge on any atom is 0.0739 e. The maximum absolute atomic E-state index is 5.82. The van der Waals surface area contributed by atoms with Crippen LogP contribution in [0.1, 0.15) is 24.5 Å². The SMILES string of the molecule is CCCOCc1c(C)cccc1N. The zero-order valence-electron chi connectivity index (χ0n) is 8.34. The van der Waals surface area contributed by atoms with Crippen molar-refractivity contribution in [1.82, 2.24) is 0 Å². The molecule has 0 spiro atoms. The Bertz CT molecular complexity index is 251. The molecule has 1 rings (SSSR count). The predicted molar refractivity (Wildman–Crippen MR) is 55.5 cm³/mol. The van der Waals surface area contributed by atoms with Crippen LogP contribution in [0.25, 0.3) is 0 Å². The molecule has 0 radical (unpaired) electrons. The first-order valence-corrected chi connectivity index (χ1v) is 4.67. The lowest BCUT2D eigenvalue weighted by molar-refractivity contribution is 0.121. The van der Waals surface area contributed by atoms with Gasteiger partial charge in [-0.15, -0.1) is 0 Å². The largest absolute Gasteiger partial charge is 0.398 e. The fourth-order valence-corrected chi connectivity index (χ4v) is 1.24. The normalized spacial score (nSPS) is 10.3. The van der Waals surface area contributed by atoms with E-state index < -0.39 is 0 Å². The van der Waals surface area contributed by atoms with Gasteiger partial charge in [0.15, 0.2) is 0 Å². The van der Waals surface area contributed by atoms with Gasteiger partial charge < -0.3 is 10.5 Å². The first kappa shape index (κ1) is 10.1. The molecule has 0 aliphatic heterocycles. The van der Waals surface area contributed by atoms with Crippen molar-refractivity contribution in [3.63, 3.8) is 0 Å². The summed E-state index contributed by atoms with van der Waals surface area (Å²) in [4.78, 5) is 0. The molecule has 0 saturated heterocycles. The van der Waals surface area contributed by atoms with Crippen molar-refractivity contribution in [3.05, 3.63) is 29.3 Å². The average molecular weight is 179 g/mol. The fraction of sp³-hybridized carbons (Fsp3) is 0.455. The van der Waals surface area contributed by atoms with Crippen molar-refractivity contribution in [2.75, 3.05) is 12.3 Å². The van der Waals surface area contributed by atoms with Gasteiger partial charge in [-0.25, -0.2) is 0 Å². The van der Waals surface area contributed by atoms with E-state index in [0.717, 1.165) is 24.3 Å². The minimum Gasteiger partial charge on any atom is -0.398 e. The van der Waals surface area contributed by atoms with Gasteiger partial charge in [-0.2, -0.15) is 0 Å². The third-order valence-electron chi connectivity index (χ3n) is 2.04. The fourth-order valence-electron chi connectivity index (χ4n) is 1.24. The summed E-state index contributed by atoms with van der Waals surface area (Å²) in [6.45, 7) is 5.59. The molecule has 1 aromatic carbocycles. The van der Waals surface area contributed by atoms with Gasteiger partial charge in [-0.05, 0) is 25.0 Å². The van der Waals surface area contributed by atoms with Gasteiger partial charge in [0.1, 0.15) is 0 Å². The Hall–Kier alpha value is -1.02. The van der Waals surface area contributed by atoms with Crippen molar-refractivity contribution in [2.45, 2.75) is 26.9 Å². The van der Waals surface area contributed by atoms with E-state index in [4.69, 9.17) is 10.5 Å². The van der Waals surface area contributed by atoms with Crippen molar-refractivity contribution < 1.29 is 4.74 Å². The monoisotopic (exact) mass is 179 g/mol. The van der Waals surface area contributed by atoms with E-state index in [0.29, 0.717) is 6.61 Å². The Labute approximate surface area is 79.7 Å². The Balaban J connectivity index is 2.64. The lowest BCUT2D eigenvalue weighted by Crippen LogP contribution is -2.01. The molecule has 0 aromatic heterocycles. The van der Waals surface area contributed by atoms with Gasteiger partial charge in [0.05, 0.1) is 6.61 Å². The molecule has 0 amide bonds. The summed E-state index contributed by atoms with van der Waals surface area (Å²) in [5.41, 5.74) is 8.98. The van der Waals surface area contributed by atoms with E-state index in [2.05, 4.69) is 19.9 Å². The van der Waals surface area contributed by atoms with Crippen LogP contribution in [0.15, 0.2) is 18.2 Å². The van der Waals surface area contributed by atoms with Crippen LogP contribution in [0.3, 0.4) is 0 Å². The molecule has 0 bridgehead atoms. The Morgan fingerprint density at radius 2 is 2.15 bits per heavy atom. The van der Waals surface area contributed by atoms with Crippen LogP contribution in [-0.4, -0.2) is 6.61 Å². The van der Waals surface area contributed by atoms with Crippen LogP contribution in [0.4, 0.5) is 5.69 Å². The molecule has 0 aliphatic rings. The van der Waals surface area contributed by atoms with Gasteiger partial charge >= 0.3 is 0 Å². The number of benzene rings is 1. The smallest absolute Gasteiger partial charge is 0.0739 e. The third kappa shape index (κ3) is 2.74. The molecule has 0 aliphatic carbocycles. The maximum atomic E-state index is 5.82. The van der Waals surface area contributed by atoms with E-state index in [9.17, 15) is 0 Å². The summed E-state index contributed by atoms with van der Waals surface area (Å²) in [5, 5.41) is 0. The Kier molecular flexibility index (Phi) is 3.77. The topological polar surface area (TPSA) is 35.2 Å².